The molecule has 0 bridgehead atoms. The van der Waals surface area contributed by atoms with Gasteiger partial charge in [0, 0.05) is 42.8 Å². The summed E-state index contributed by atoms with van der Waals surface area (Å²) in [6.07, 6.45) is 2.37. The molecular weight excluding hydrogens is 272 g/mol. The second-order valence-electron chi connectivity index (χ2n) is 5.56. The molecule has 0 saturated heterocycles. The largest absolute Gasteiger partial charge is 0.494 e. The maximum Gasteiger partial charge on any atom is 0.201 e. The van der Waals surface area contributed by atoms with Crippen molar-refractivity contribution in [1.82, 2.24) is 9.13 Å². The first-order chi connectivity index (χ1) is 9.82. The van der Waals surface area contributed by atoms with E-state index < -0.39 is 0 Å². The number of aromatic hydroxyl groups is 4. The third kappa shape index (κ3) is 1.72. The number of hydrogen-bond acceptors (Lipinski definition) is 4. The Morgan fingerprint density at radius 3 is 2.24 bits per heavy atom. The molecule has 1 unspecified atom stereocenters. The van der Waals surface area contributed by atoms with Gasteiger partial charge in [-0.2, -0.15) is 0 Å². The van der Waals surface area contributed by atoms with Crippen LogP contribution in [0.1, 0.15) is 29.5 Å². The second-order valence-corrected chi connectivity index (χ2v) is 5.56. The molecule has 112 valence electrons. The molecule has 4 N–H and O–H groups in total. The van der Waals surface area contributed by atoms with E-state index in [1.54, 1.807) is 14.1 Å². The third-order valence-corrected chi connectivity index (χ3v) is 4.30. The average molecular weight is 290 g/mol. The summed E-state index contributed by atoms with van der Waals surface area (Å²) in [7, 11) is 3.17. The zero-order valence-electron chi connectivity index (χ0n) is 12.1. The Bertz CT molecular complexity index is 767. The van der Waals surface area contributed by atoms with Gasteiger partial charge < -0.3 is 20.4 Å². The number of rotatable bonds is 1. The number of allylic oxidation sites excluding steroid dienone is 2. The molecule has 2 aromatic rings. The van der Waals surface area contributed by atoms with Gasteiger partial charge >= 0.3 is 0 Å². The molecule has 0 spiro atoms. The maximum atomic E-state index is 10.1. The Hall–Kier alpha value is -2.50. The summed E-state index contributed by atoms with van der Waals surface area (Å²) in [5, 5.41) is 40.0. The molecule has 0 saturated carbocycles. The topological polar surface area (TPSA) is 90.8 Å². The zero-order valence-corrected chi connectivity index (χ0v) is 12.1. The van der Waals surface area contributed by atoms with Crippen LogP contribution in [0.15, 0.2) is 12.1 Å². The molecule has 0 radical (unpaired) electrons. The standard InChI is InChI=1S/C15H18N2O4/c1-7-4-8(9-6-11(18)16(2)13(9)19)5-10-12(7)15(21)17(3)14(10)20/h4,6,8,18-21H,5H2,1-3H3. The summed E-state index contributed by atoms with van der Waals surface area (Å²) in [5.74, 6) is -0.115. The Balaban J connectivity index is 2.12. The van der Waals surface area contributed by atoms with E-state index in [-0.39, 0.29) is 29.4 Å². The van der Waals surface area contributed by atoms with E-state index in [0.717, 1.165) is 5.57 Å². The van der Waals surface area contributed by atoms with Crippen molar-refractivity contribution in [3.63, 3.8) is 0 Å². The molecule has 1 atom stereocenters. The first kappa shape index (κ1) is 13.5. The van der Waals surface area contributed by atoms with Crippen LogP contribution in [-0.2, 0) is 20.5 Å². The van der Waals surface area contributed by atoms with Gasteiger partial charge in [-0.25, -0.2) is 0 Å². The van der Waals surface area contributed by atoms with Crippen LogP contribution in [0.5, 0.6) is 23.5 Å². The Labute approximate surface area is 121 Å². The summed E-state index contributed by atoms with van der Waals surface area (Å²) < 4.78 is 2.64. The minimum atomic E-state index is -0.169. The van der Waals surface area contributed by atoms with Gasteiger partial charge in [0.1, 0.15) is 0 Å². The first-order valence-electron chi connectivity index (χ1n) is 6.68. The minimum absolute atomic E-state index is 0.00430. The van der Waals surface area contributed by atoms with E-state index >= 15 is 0 Å². The van der Waals surface area contributed by atoms with Crippen LogP contribution < -0.4 is 0 Å². The predicted octanol–water partition coefficient (Wildman–Crippen LogP) is 1.93. The predicted molar refractivity (Wildman–Crippen MR) is 77.6 cm³/mol. The summed E-state index contributed by atoms with van der Waals surface area (Å²) in [4.78, 5) is 0. The van der Waals surface area contributed by atoms with Crippen molar-refractivity contribution in [2.75, 3.05) is 0 Å². The van der Waals surface area contributed by atoms with Crippen LogP contribution in [0.4, 0.5) is 0 Å². The van der Waals surface area contributed by atoms with Crippen molar-refractivity contribution in [2.24, 2.45) is 14.1 Å². The Morgan fingerprint density at radius 1 is 1.00 bits per heavy atom. The smallest absolute Gasteiger partial charge is 0.201 e. The molecule has 2 aromatic heterocycles. The Kier molecular flexibility index (Phi) is 2.73. The van der Waals surface area contributed by atoms with Gasteiger partial charge in [-0.05, 0) is 18.9 Å². The lowest BCUT2D eigenvalue weighted by Crippen LogP contribution is -2.06. The lowest BCUT2D eigenvalue weighted by molar-refractivity contribution is 0.382. The van der Waals surface area contributed by atoms with Crippen molar-refractivity contribution >= 4 is 5.57 Å². The highest BCUT2D eigenvalue weighted by atomic mass is 16.3. The van der Waals surface area contributed by atoms with Crippen LogP contribution in [0, 0.1) is 0 Å². The van der Waals surface area contributed by atoms with Gasteiger partial charge in [-0.3, -0.25) is 9.13 Å². The fourth-order valence-electron chi connectivity index (χ4n) is 3.06. The van der Waals surface area contributed by atoms with Gasteiger partial charge in [0.05, 0.1) is 0 Å². The molecule has 0 fully saturated rings. The van der Waals surface area contributed by atoms with Crippen molar-refractivity contribution in [3.05, 3.63) is 28.8 Å². The highest BCUT2D eigenvalue weighted by Gasteiger charge is 2.30. The van der Waals surface area contributed by atoms with E-state index in [1.165, 1.54) is 15.2 Å². The van der Waals surface area contributed by atoms with Gasteiger partial charge in [0.15, 0.2) is 17.6 Å². The summed E-state index contributed by atoms with van der Waals surface area (Å²) in [5.41, 5.74) is 2.73. The van der Waals surface area contributed by atoms with Crippen LogP contribution in [-0.4, -0.2) is 29.6 Å². The van der Waals surface area contributed by atoms with Crippen LogP contribution in [0.2, 0.25) is 0 Å². The fourth-order valence-corrected chi connectivity index (χ4v) is 3.06. The first-order valence-corrected chi connectivity index (χ1v) is 6.68. The van der Waals surface area contributed by atoms with Gasteiger partial charge in [0.2, 0.25) is 5.88 Å². The molecule has 3 rings (SSSR count). The van der Waals surface area contributed by atoms with E-state index in [2.05, 4.69) is 0 Å². The van der Waals surface area contributed by atoms with Gasteiger partial charge in [-0.15, -0.1) is 0 Å². The quantitative estimate of drug-likeness (QED) is 0.646. The highest BCUT2D eigenvalue weighted by Crippen LogP contribution is 2.46. The van der Waals surface area contributed by atoms with Gasteiger partial charge in [0.25, 0.3) is 0 Å². The zero-order chi connectivity index (χ0) is 15.5. The van der Waals surface area contributed by atoms with Crippen molar-refractivity contribution < 1.29 is 20.4 Å². The number of aromatic nitrogens is 2. The van der Waals surface area contributed by atoms with E-state index in [9.17, 15) is 20.4 Å². The van der Waals surface area contributed by atoms with Crippen molar-refractivity contribution in [1.29, 1.82) is 0 Å². The lowest BCUT2D eigenvalue weighted by atomic mass is 9.84. The molecular formula is C15H18N2O4. The molecule has 1 aliphatic carbocycles. The highest BCUT2D eigenvalue weighted by molar-refractivity contribution is 5.76. The SMILES string of the molecule is CC1=CC(c2cc(O)n(C)c2O)Cc2c1c(O)n(C)c2O. The Morgan fingerprint density at radius 2 is 1.67 bits per heavy atom. The van der Waals surface area contributed by atoms with Gasteiger partial charge in [-0.1, -0.05) is 6.08 Å². The van der Waals surface area contributed by atoms with E-state index in [1.807, 2.05) is 13.0 Å². The second kappa shape index (κ2) is 4.25. The molecule has 0 amide bonds. The average Bonchev–Trinajstić information content (AvgIpc) is 2.83. The molecule has 6 heteroatoms. The fraction of sp³-hybridized carbons (Fsp3) is 0.333. The molecule has 1 aliphatic rings. The molecule has 6 nitrogen and oxygen atoms in total. The van der Waals surface area contributed by atoms with Crippen molar-refractivity contribution in [3.8, 4) is 23.5 Å². The summed E-state index contributed by atoms with van der Waals surface area (Å²) in [6, 6.07) is 1.52. The molecule has 0 aliphatic heterocycles. The molecule has 2 heterocycles. The lowest BCUT2D eigenvalue weighted by Gasteiger charge is -2.19. The van der Waals surface area contributed by atoms with E-state index in [0.29, 0.717) is 23.1 Å². The minimum Gasteiger partial charge on any atom is -0.494 e. The van der Waals surface area contributed by atoms with E-state index in [4.69, 9.17) is 0 Å². The number of hydrogen-bond donors (Lipinski definition) is 4. The summed E-state index contributed by atoms with van der Waals surface area (Å²) in [6.45, 7) is 1.85. The third-order valence-electron chi connectivity index (χ3n) is 4.30. The molecule has 0 aromatic carbocycles. The van der Waals surface area contributed by atoms with Crippen LogP contribution in [0.3, 0.4) is 0 Å². The normalized spacial score (nSPS) is 17.7. The number of nitrogens with zero attached hydrogens (tertiary/aromatic N) is 2. The van der Waals surface area contributed by atoms with Crippen molar-refractivity contribution in [2.45, 2.75) is 19.3 Å². The number of fused-ring (bicyclic) bond motifs is 1. The monoisotopic (exact) mass is 290 g/mol. The van der Waals surface area contributed by atoms with Crippen LogP contribution in [0.25, 0.3) is 5.57 Å². The molecule has 21 heavy (non-hydrogen) atoms. The summed E-state index contributed by atoms with van der Waals surface area (Å²) >= 11 is 0. The maximum absolute atomic E-state index is 10.1. The van der Waals surface area contributed by atoms with Crippen LogP contribution >= 0.6 is 0 Å².